The highest BCUT2D eigenvalue weighted by Gasteiger charge is 2.34. The van der Waals surface area contributed by atoms with Crippen molar-refractivity contribution in [1.82, 2.24) is 0 Å². The van der Waals surface area contributed by atoms with Crippen LogP contribution >= 0.6 is 15.9 Å². The number of amides is 1. The Bertz CT molecular complexity index is 642. The van der Waals surface area contributed by atoms with Gasteiger partial charge >= 0.3 is 0 Å². The molecule has 0 aliphatic carbocycles. The van der Waals surface area contributed by atoms with Crippen LogP contribution in [0.1, 0.15) is 17.2 Å². The molecule has 0 saturated carbocycles. The van der Waals surface area contributed by atoms with E-state index in [9.17, 15) is 4.79 Å². The summed E-state index contributed by atoms with van der Waals surface area (Å²) in [4.78, 5) is 14.0. The van der Waals surface area contributed by atoms with Gasteiger partial charge in [-0.15, -0.1) is 0 Å². The Balaban J connectivity index is 1.95. The molecule has 4 heteroatoms. The molecule has 0 spiro atoms. The van der Waals surface area contributed by atoms with Gasteiger partial charge in [-0.3, -0.25) is 4.79 Å². The maximum Gasteiger partial charge on any atom is 0.248 e. The lowest BCUT2D eigenvalue weighted by Crippen LogP contribution is -2.31. The van der Waals surface area contributed by atoms with Crippen molar-refractivity contribution in [3.63, 3.8) is 0 Å². The smallest absolute Gasteiger partial charge is 0.248 e. The van der Waals surface area contributed by atoms with Crippen molar-refractivity contribution in [2.45, 2.75) is 12.6 Å². The number of halogens is 1. The Labute approximate surface area is 120 Å². The molecule has 1 aliphatic heterocycles. The van der Waals surface area contributed by atoms with Gasteiger partial charge in [-0.1, -0.05) is 46.3 Å². The molecule has 0 radical (unpaired) electrons. The zero-order valence-corrected chi connectivity index (χ0v) is 11.8. The van der Waals surface area contributed by atoms with Crippen LogP contribution in [0.15, 0.2) is 53.0 Å². The second kappa shape index (κ2) is 4.79. The summed E-state index contributed by atoms with van der Waals surface area (Å²) >= 11 is 3.44. The van der Waals surface area contributed by atoms with Gasteiger partial charge in [0.15, 0.2) is 0 Å². The van der Waals surface area contributed by atoms with E-state index in [-0.39, 0.29) is 5.91 Å². The summed E-state index contributed by atoms with van der Waals surface area (Å²) in [5.74, 6) is -0.0406. The molecule has 1 amide bonds. The van der Waals surface area contributed by atoms with Crippen LogP contribution in [0.4, 0.5) is 5.69 Å². The van der Waals surface area contributed by atoms with Crippen molar-refractivity contribution in [3.8, 4) is 0 Å². The fourth-order valence-corrected chi connectivity index (χ4v) is 2.84. The third kappa shape index (κ3) is 2.17. The summed E-state index contributed by atoms with van der Waals surface area (Å²) < 4.78 is 1.01. The summed E-state index contributed by atoms with van der Waals surface area (Å²) in [5.41, 5.74) is 8.86. The first-order chi connectivity index (χ1) is 9.16. The molecule has 3 nitrogen and oxygen atoms in total. The van der Waals surface area contributed by atoms with E-state index in [2.05, 4.69) is 15.9 Å². The molecule has 2 aromatic carbocycles. The van der Waals surface area contributed by atoms with Crippen molar-refractivity contribution in [2.24, 2.45) is 5.73 Å². The number of nitrogens with two attached hydrogens (primary N) is 1. The molecule has 1 atom stereocenters. The SMILES string of the molecule is NC1C(=O)N(Cc2cccc(Br)c2)c2ccccc21. The Morgan fingerprint density at radius 2 is 1.95 bits per heavy atom. The highest BCUT2D eigenvalue weighted by Crippen LogP contribution is 2.35. The van der Waals surface area contributed by atoms with Crippen LogP contribution < -0.4 is 10.6 Å². The quantitative estimate of drug-likeness (QED) is 0.925. The molecule has 2 N–H and O–H groups in total. The number of rotatable bonds is 2. The van der Waals surface area contributed by atoms with Crippen LogP contribution in [0.2, 0.25) is 0 Å². The van der Waals surface area contributed by atoms with E-state index in [0.29, 0.717) is 6.54 Å². The Morgan fingerprint density at radius 3 is 2.74 bits per heavy atom. The first-order valence-corrected chi connectivity index (χ1v) is 6.86. The number of anilines is 1. The van der Waals surface area contributed by atoms with E-state index in [0.717, 1.165) is 21.3 Å². The number of nitrogens with zero attached hydrogens (tertiary/aromatic N) is 1. The second-order valence-electron chi connectivity index (χ2n) is 4.59. The molecular weight excluding hydrogens is 304 g/mol. The normalized spacial score (nSPS) is 17.7. The predicted octanol–water partition coefficient (Wildman–Crippen LogP) is 3.00. The van der Waals surface area contributed by atoms with Crippen molar-refractivity contribution in [3.05, 3.63) is 64.1 Å². The van der Waals surface area contributed by atoms with E-state index in [4.69, 9.17) is 5.73 Å². The van der Waals surface area contributed by atoms with Crippen molar-refractivity contribution in [1.29, 1.82) is 0 Å². The lowest BCUT2D eigenvalue weighted by atomic mass is 10.1. The molecule has 0 fully saturated rings. The van der Waals surface area contributed by atoms with Crippen LogP contribution in [0, 0.1) is 0 Å². The van der Waals surface area contributed by atoms with E-state index >= 15 is 0 Å². The minimum atomic E-state index is -0.539. The first kappa shape index (κ1) is 12.4. The lowest BCUT2D eigenvalue weighted by Gasteiger charge is -2.17. The molecule has 0 aromatic heterocycles. The van der Waals surface area contributed by atoms with Crippen LogP contribution in [-0.4, -0.2) is 5.91 Å². The third-order valence-corrected chi connectivity index (χ3v) is 3.82. The molecular formula is C15H13BrN2O. The van der Waals surface area contributed by atoms with Crippen molar-refractivity contribution < 1.29 is 4.79 Å². The first-order valence-electron chi connectivity index (χ1n) is 6.07. The summed E-state index contributed by atoms with van der Waals surface area (Å²) in [5, 5.41) is 0. The standard InChI is InChI=1S/C15H13BrN2O/c16-11-5-3-4-10(8-11)9-18-13-7-2-1-6-12(13)14(17)15(18)19/h1-8,14H,9,17H2. The van der Waals surface area contributed by atoms with Crippen molar-refractivity contribution in [2.75, 3.05) is 4.90 Å². The minimum Gasteiger partial charge on any atom is -0.316 e. The van der Waals surface area contributed by atoms with E-state index < -0.39 is 6.04 Å². The maximum atomic E-state index is 12.2. The lowest BCUT2D eigenvalue weighted by molar-refractivity contribution is -0.119. The zero-order valence-electron chi connectivity index (χ0n) is 10.2. The summed E-state index contributed by atoms with van der Waals surface area (Å²) in [7, 11) is 0. The number of benzene rings is 2. The summed E-state index contributed by atoms with van der Waals surface area (Å²) in [6, 6.07) is 15.1. The molecule has 0 bridgehead atoms. The fourth-order valence-electron chi connectivity index (χ4n) is 2.40. The minimum absolute atomic E-state index is 0.0406. The van der Waals surface area contributed by atoms with Gasteiger partial charge in [0.1, 0.15) is 6.04 Å². The monoisotopic (exact) mass is 316 g/mol. The zero-order chi connectivity index (χ0) is 13.4. The topological polar surface area (TPSA) is 46.3 Å². The number of fused-ring (bicyclic) bond motifs is 1. The van der Waals surface area contributed by atoms with Crippen LogP contribution in [0.5, 0.6) is 0 Å². The molecule has 1 aliphatic rings. The Morgan fingerprint density at radius 1 is 1.16 bits per heavy atom. The summed E-state index contributed by atoms with van der Waals surface area (Å²) in [6.07, 6.45) is 0. The van der Waals surface area contributed by atoms with Gasteiger partial charge in [-0.25, -0.2) is 0 Å². The average molecular weight is 317 g/mol. The molecule has 1 heterocycles. The van der Waals surface area contributed by atoms with Crippen LogP contribution in [-0.2, 0) is 11.3 Å². The molecule has 2 aromatic rings. The van der Waals surface area contributed by atoms with Gasteiger partial charge in [0.2, 0.25) is 5.91 Å². The summed E-state index contributed by atoms with van der Waals surface area (Å²) in [6.45, 7) is 0.545. The highest BCUT2D eigenvalue weighted by atomic mass is 79.9. The molecule has 3 rings (SSSR count). The average Bonchev–Trinajstić information content (AvgIpc) is 2.65. The van der Waals surface area contributed by atoms with Gasteiger partial charge in [0, 0.05) is 15.7 Å². The number of carbonyl (C=O) groups is 1. The molecule has 19 heavy (non-hydrogen) atoms. The highest BCUT2D eigenvalue weighted by molar-refractivity contribution is 9.10. The van der Waals surface area contributed by atoms with E-state index in [1.165, 1.54) is 0 Å². The predicted molar refractivity (Wildman–Crippen MR) is 78.7 cm³/mol. The van der Waals surface area contributed by atoms with Gasteiger partial charge in [-0.2, -0.15) is 0 Å². The molecule has 0 saturated heterocycles. The van der Waals surface area contributed by atoms with Gasteiger partial charge in [0.25, 0.3) is 0 Å². The van der Waals surface area contributed by atoms with Gasteiger partial charge in [0.05, 0.1) is 6.54 Å². The van der Waals surface area contributed by atoms with Crippen LogP contribution in [0.25, 0.3) is 0 Å². The van der Waals surface area contributed by atoms with E-state index in [1.54, 1.807) is 4.90 Å². The van der Waals surface area contributed by atoms with Crippen LogP contribution in [0.3, 0.4) is 0 Å². The van der Waals surface area contributed by atoms with Gasteiger partial charge < -0.3 is 10.6 Å². The Hall–Kier alpha value is -1.65. The molecule has 1 unspecified atom stereocenters. The van der Waals surface area contributed by atoms with E-state index in [1.807, 2.05) is 48.5 Å². The van der Waals surface area contributed by atoms with Crippen molar-refractivity contribution >= 4 is 27.5 Å². The number of hydrogen-bond acceptors (Lipinski definition) is 2. The Kier molecular flexibility index (Phi) is 3.12. The third-order valence-electron chi connectivity index (χ3n) is 3.32. The fraction of sp³-hybridized carbons (Fsp3) is 0.133. The number of hydrogen-bond donors (Lipinski definition) is 1. The molecule has 96 valence electrons. The maximum absolute atomic E-state index is 12.2. The number of para-hydroxylation sites is 1. The largest absolute Gasteiger partial charge is 0.316 e. The number of carbonyl (C=O) groups excluding carboxylic acids is 1. The second-order valence-corrected chi connectivity index (χ2v) is 5.51. The van der Waals surface area contributed by atoms with Gasteiger partial charge in [-0.05, 0) is 23.8 Å².